The van der Waals surface area contributed by atoms with Crippen LogP contribution < -0.4 is 19.9 Å². The standard InChI is InChI=1S/C26H28N2O6/c1-31-21-11-7-20(8-12-21)25(28-32-2)17-34-22-9-3-18(4-10-22)16-33-23-13-5-19(6-14-23)24(27)15-26(29)30/h3-14,24H,15-17,27H2,1-2H3,(H,29,30)/b28-25-. The van der Waals surface area contributed by atoms with E-state index in [1.807, 2.05) is 48.5 Å². The van der Waals surface area contributed by atoms with Gasteiger partial charge in [-0.1, -0.05) is 29.4 Å². The van der Waals surface area contributed by atoms with E-state index in [0.717, 1.165) is 22.4 Å². The summed E-state index contributed by atoms with van der Waals surface area (Å²) in [7, 11) is 3.11. The minimum Gasteiger partial charge on any atom is -0.497 e. The zero-order chi connectivity index (χ0) is 24.3. The lowest BCUT2D eigenvalue weighted by Gasteiger charge is -2.12. The molecule has 0 spiro atoms. The molecule has 3 rings (SSSR count). The largest absolute Gasteiger partial charge is 0.497 e. The number of oxime groups is 1. The molecule has 0 fully saturated rings. The Balaban J connectivity index is 1.52. The lowest BCUT2D eigenvalue weighted by Crippen LogP contribution is -2.14. The quantitative estimate of drug-likeness (QED) is 0.305. The van der Waals surface area contributed by atoms with Gasteiger partial charge in [0.05, 0.1) is 13.5 Å². The second-order valence-electron chi connectivity index (χ2n) is 7.44. The van der Waals surface area contributed by atoms with Crippen molar-refractivity contribution in [2.75, 3.05) is 20.8 Å². The van der Waals surface area contributed by atoms with Gasteiger partial charge in [0.1, 0.15) is 43.3 Å². The van der Waals surface area contributed by atoms with Crippen LogP contribution in [0.4, 0.5) is 0 Å². The number of rotatable bonds is 12. The van der Waals surface area contributed by atoms with Gasteiger partial charge < -0.3 is 29.9 Å². The van der Waals surface area contributed by atoms with Gasteiger partial charge in [0.2, 0.25) is 0 Å². The number of nitrogens with zero attached hydrogens (tertiary/aromatic N) is 1. The van der Waals surface area contributed by atoms with Crippen LogP contribution in [0.1, 0.15) is 29.2 Å². The van der Waals surface area contributed by atoms with Crippen molar-refractivity contribution in [3.05, 3.63) is 89.5 Å². The van der Waals surface area contributed by atoms with Gasteiger partial charge in [-0.2, -0.15) is 0 Å². The minimum atomic E-state index is -0.928. The van der Waals surface area contributed by atoms with Crippen LogP contribution >= 0.6 is 0 Å². The molecule has 1 unspecified atom stereocenters. The van der Waals surface area contributed by atoms with Crippen molar-refractivity contribution in [3.8, 4) is 17.2 Å². The number of carboxylic acids is 1. The summed E-state index contributed by atoms with van der Waals surface area (Å²) in [6, 6.07) is 21.7. The first-order valence-electron chi connectivity index (χ1n) is 10.6. The van der Waals surface area contributed by atoms with E-state index >= 15 is 0 Å². The van der Waals surface area contributed by atoms with Crippen molar-refractivity contribution in [3.63, 3.8) is 0 Å². The van der Waals surface area contributed by atoms with E-state index in [0.29, 0.717) is 23.8 Å². The number of carboxylic acid groups (broad SMARTS) is 1. The molecule has 0 saturated heterocycles. The molecular formula is C26H28N2O6. The van der Waals surface area contributed by atoms with E-state index in [2.05, 4.69) is 5.16 Å². The van der Waals surface area contributed by atoms with Crippen molar-refractivity contribution in [2.45, 2.75) is 19.1 Å². The topological polar surface area (TPSA) is 113 Å². The molecule has 0 aliphatic rings. The summed E-state index contributed by atoms with van der Waals surface area (Å²) in [4.78, 5) is 15.8. The molecule has 0 aliphatic carbocycles. The Hall–Kier alpha value is -4.04. The lowest BCUT2D eigenvalue weighted by molar-refractivity contribution is -0.137. The molecule has 0 aromatic heterocycles. The van der Waals surface area contributed by atoms with Crippen molar-refractivity contribution in [1.82, 2.24) is 0 Å². The molecule has 0 heterocycles. The fraction of sp³-hybridized carbons (Fsp3) is 0.231. The molecule has 178 valence electrons. The predicted octanol–water partition coefficient (Wildman–Crippen LogP) is 4.18. The third-order valence-corrected chi connectivity index (χ3v) is 5.03. The highest BCUT2D eigenvalue weighted by Crippen LogP contribution is 2.20. The highest BCUT2D eigenvalue weighted by atomic mass is 16.6. The summed E-state index contributed by atoms with van der Waals surface area (Å²) in [6.07, 6.45) is -0.118. The third-order valence-electron chi connectivity index (χ3n) is 5.03. The van der Waals surface area contributed by atoms with E-state index in [1.165, 1.54) is 7.11 Å². The maximum atomic E-state index is 10.8. The van der Waals surface area contributed by atoms with Gasteiger partial charge in [-0.05, 0) is 59.7 Å². The Morgan fingerprint density at radius 3 is 2.06 bits per heavy atom. The van der Waals surface area contributed by atoms with Gasteiger partial charge in [0.25, 0.3) is 0 Å². The van der Waals surface area contributed by atoms with E-state index in [9.17, 15) is 4.79 Å². The number of hydrogen-bond donors (Lipinski definition) is 2. The highest BCUT2D eigenvalue weighted by Gasteiger charge is 2.11. The zero-order valence-corrected chi connectivity index (χ0v) is 19.1. The van der Waals surface area contributed by atoms with E-state index in [4.69, 9.17) is 29.9 Å². The van der Waals surface area contributed by atoms with Gasteiger partial charge in [-0.15, -0.1) is 0 Å². The average molecular weight is 465 g/mol. The Morgan fingerprint density at radius 1 is 0.882 bits per heavy atom. The molecule has 0 aliphatic heterocycles. The average Bonchev–Trinajstić information content (AvgIpc) is 2.86. The number of hydrogen-bond acceptors (Lipinski definition) is 7. The number of aliphatic carboxylic acids is 1. The first-order chi connectivity index (χ1) is 16.5. The summed E-state index contributed by atoms with van der Waals surface area (Å²) in [5.74, 6) is 1.20. The smallest absolute Gasteiger partial charge is 0.305 e. The SMILES string of the molecule is CO/N=C(/COc1ccc(COc2ccc(C(N)CC(=O)O)cc2)cc1)c1ccc(OC)cc1. The van der Waals surface area contributed by atoms with Gasteiger partial charge in [0, 0.05) is 11.6 Å². The van der Waals surface area contributed by atoms with Gasteiger partial charge >= 0.3 is 5.97 Å². The van der Waals surface area contributed by atoms with Gasteiger partial charge in [-0.3, -0.25) is 4.79 Å². The Kier molecular flexibility index (Phi) is 8.88. The first-order valence-corrected chi connectivity index (χ1v) is 10.6. The van der Waals surface area contributed by atoms with E-state index < -0.39 is 12.0 Å². The molecule has 8 nitrogen and oxygen atoms in total. The van der Waals surface area contributed by atoms with E-state index in [1.54, 1.807) is 31.4 Å². The van der Waals surface area contributed by atoms with Crippen LogP contribution in [0, 0.1) is 0 Å². The van der Waals surface area contributed by atoms with Crippen molar-refractivity contribution in [1.29, 1.82) is 0 Å². The normalized spacial score (nSPS) is 12.0. The van der Waals surface area contributed by atoms with Crippen molar-refractivity contribution >= 4 is 11.7 Å². The van der Waals surface area contributed by atoms with Gasteiger partial charge in [0.15, 0.2) is 0 Å². The van der Waals surface area contributed by atoms with Crippen molar-refractivity contribution in [2.24, 2.45) is 10.9 Å². The van der Waals surface area contributed by atoms with Crippen LogP contribution in [-0.2, 0) is 16.2 Å². The predicted molar refractivity (Wildman–Crippen MR) is 128 cm³/mol. The van der Waals surface area contributed by atoms with Crippen LogP contribution in [0.15, 0.2) is 78.0 Å². The first kappa shape index (κ1) is 24.6. The number of carbonyl (C=O) groups is 1. The Bertz CT molecular complexity index is 1080. The zero-order valence-electron chi connectivity index (χ0n) is 19.1. The molecule has 0 saturated carbocycles. The fourth-order valence-electron chi connectivity index (χ4n) is 3.17. The van der Waals surface area contributed by atoms with Crippen molar-refractivity contribution < 1.29 is 28.9 Å². The van der Waals surface area contributed by atoms with Gasteiger partial charge in [-0.25, -0.2) is 0 Å². The summed E-state index contributed by atoms with van der Waals surface area (Å²) in [6.45, 7) is 0.620. The molecule has 3 aromatic rings. The highest BCUT2D eigenvalue weighted by molar-refractivity contribution is 6.01. The van der Waals surface area contributed by atoms with Crippen LogP contribution in [0.2, 0.25) is 0 Å². The second kappa shape index (κ2) is 12.3. The summed E-state index contributed by atoms with van der Waals surface area (Å²) >= 11 is 0. The molecular weight excluding hydrogens is 436 g/mol. The maximum absolute atomic E-state index is 10.8. The molecule has 3 aromatic carbocycles. The molecule has 0 amide bonds. The minimum absolute atomic E-state index is 0.118. The number of ether oxygens (including phenoxy) is 3. The van der Waals surface area contributed by atoms with Crippen LogP contribution in [0.25, 0.3) is 0 Å². The third kappa shape index (κ3) is 7.25. The molecule has 1 atom stereocenters. The molecule has 3 N–H and O–H groups in total. The lowest BCUT2D eigenvalue weighted by atomic mass is 10.0. The summed E-state index contributed by atoms with van der Waals surface area (Å²) in [5, 5.41) is 12.9. The molecule has 0 radical (unpaired) electrons. The van der Waals surface area contributed by atoms with E-state index in [-0.39, 0.29) is 13.0 Å². The number of nitrogens with two attached hydrogens (primary N) is 1. The number of benzene rings is 3. The van der Waals surface area contributed by atoms with Crippen LogP contribution in [-0.4, -0.2) is 37.6 Å². The summed E-state index contributed by atoms with van der Waals surface area (Å²) in [5.41, 5.74) is 9.14. The Morgan fingerprint density at radius 2 is 1.47 bits per heavy atom. The molecule has 34 heavy (non-hydrogen) atoms. The molecule has 0 bridgehead atoms. The molecule has 8 heteroatoms. The summed E-state index contributed by atoms with van der Waals surface area (Å²) < 4.78 is 16.9. The Labute approximate surface area is 198 Å². The van der Waals surface area contributed by atoms with Crippen LogP contribution in [0.3, 0.4) is 0 Å². The van der Waals surface area contributed by atoms with Crippen LogP contribution in [0.5, 0.6) is 17.2 Å². The number of methoxy groups -OCH3 is 1. The fourth-order valence-corrected chi connectivity index (χ4v) is 3.17. The maximum Gasteiger partial charge on any atom is 0.305 e. The monoisotopic (exact) mass is 464 g/mol. The second-order valence-corrected chi connectivity index (χ2v) is 7.44.